The van der Waals surface area contributed by atoms with Crippen molar-refractivity contribution in [2.24, 2.45) is 0 Å². The molecule has 1 amide bonds. The molecular weight excluding hydrogens is 308 g/mol. The number of ether oxygens (including phenoxy) is 2. The molecule has 2 aromatic rings. The molecule has 0 aliphatic heterocycles. The Morgan fingerprint density at radius 1 is 1.21 bits per heavy atom. The summed E-state index contributed by atoms with van der Waals surface area (Å²) in [4.78, 5) is 12.3. The van der Waals surface area contributed by atoms with Crippen LogP contribution in [0, 0.1) is 11.3 Å². The van der Waals surface area contributed by atoms with E-state index in [1.165, 1.54) is 32.4 Å². The molecule has 6 nitrogen and oxygen atoms in total. The number of hydrogen-bond donors (Lipinski definition) is 2. The first-order chi connectivity index (χ1) is 11.6. The Kier molecular flexibility index (Phi) is 5.42. The van der Waals surface area contributed by atoms with E-state index in [-0.39, 0.29) is 11.3 Å². The number of methoxy groups -OCH3 is 2. The first-order valence-corrected chi connectivity index (χ1v) is 7.02. The van der Waals surface area contributed by atoms with Gasteiger partial charge in [0.1, 0.15) is 28.9 Å². The Morgan fingerprint density at radius 3 is 2.62 bits per heavy atom. The summed E-state index contributed by atoms with van der Waals surface area (Å²) in [6, 6.07) is 13.2. The van der Waals surface area contributed by atoms with Gasteiger partial charge in [-0.05, 0) is 36.4 Å². The van der Waals surface area contributed by atoms with Crippen molar-refractivity contribution in [1.29, 1.82) is 5.26 Å². The highest BCUT2D eigenvalue weighted by Gasteiger charge is 2.13. The number of carbonyl (C=O) groups is 1. The van der Waals surface area contributed by atoms with Gasteiger partial charge in [0.15, 0.2) is 0 Å². The summed E-state index contributed by atoms with van der Waals surface area (Å²) in [6.45, 7) is 0. The maximum Gasteiger partial charge on any atom is 0.266 e. The van der Waals surface area contributed by atoms with E-state index in [1.807, 2.05) is 6.07 Å². The lowest BCUT2D eigenvalue weighted by Gasteiger charge is -2.09. The topological polar surface area (TPSA) is 91.6 Å². The molecule has 0 bridgehead atoms. The fourth-order valence-corrected chi connectivity index (χ4v) is 2.02. The number of carbonyl (C=O) groups excluding carboxylic acids is 1. The molecule has 0 aliphatic carbocycles. The van der Waals surface area contributed by atoms with Gasteiger partial charge in [-0.2, -0.15) is 5.26 Å². The van der Waals surface area contributed by atoms with Crippen molar-refractivity contribution in [3.8, 4) is 23.3 Å². The average Bonchev–Trinajstić information content (AvgIpc) is 2.61. The predicted molar refractivity (Wildman–Crippen MR) is 89.9 cm³/mol. The van der Waals surface area contributed by atoms with E-state index < -0.39 is 5.91 Å². The number of aromatic hydroxyl groups is 1. The van der Waals surface area contributed by atoms with Crippen LogP contribution < -0.4 is 14.8 Å². The zero-order valence-corrected chi connectivity index (χ0v) is 13.2. The number of nitriles is 1. The highest BCUT2D eigenvalue weighted by atomic mass is 16.5. The standard InChI is InChI=1S/C18H16N2O4/c1-23-14-7-8-16(21)12(10-14)9-13(11-19)18(22)20-15-5-3-4-6-17(15)24-2/h3-10,21H,1-2H3,(H,20,22)/b13-9-. The molecule has 0 fully saturated rings. The number of para-hydroxylation sites is 2. The Bertz CT molecular complexity index is 822. The number of phenols is 1. The van der Waals surface area contributed by atoms with E-state index in [1.54, 1.807) is 30.3 Å². The molecule has 122 valence electrons. The molecule has 0 aromatic heterocycles. The van der Waals surface area contributed by atoms with Crippen LogP contribution in [0.4, 0.5) is 5.69 Å². The summed E-state index contributed by atoms with van der Waals surface area (Å²) in [5.74, 6) is 0.312. The van der Waals surface area contributed by atoms with Crippen molar-refractivity contribution >= 4 is 17.7 Å². The number of phenolic OH excluding ortho intramolecular Hbond substituents is 1. The number of anilines is 1. The number of rotatable bonds is 5. The van der Waals surface area contributed by atoms with Gasteiger partial charge in [-0.15, -0.1) is 0 Å². The predicted octanol–water partition coefficient (Wildman–Crippen LogP) is 2.96. The van der Waals surface area contributed by atoms with E-state index in [9.17, 15) is 15.2 Å². The van der Waals surface area contributed by atoms with Crippen LogP contribution in [0.5, 0.6) is 17.2 Å². The Balaban J connectivity index is 2.31. The van der Waals surface area contributed by atoms with Gasteiger partial charge in [0.05, 0.1) is 19.9 Å². The lowest BCUT2D eigenvalue weighted by atomic mass is 10.1. The minimum Gasteiger partial charge on any atom is -0.507 e. The van der Waals surface area contributed by atoms with Gasteiger partial charge < -0.3 is 19.9 Å². The number of hydrogen-bond acceptors (Lipinski definition) is 5. The number of benzene rings is 2. The third-order valence-corrected chi connectivity index (χ3v) is 3.25. The van der Waals surface area contributed by atoms with E-state index in [2.05, 4.69) is 5.32 Å². The second-order valence-electron chi connectivity index (χ2n) is 4.75. The van der Waals surface area contributed by atoms with Crippen LogP contribution in [0.3, 0.4) is 0 Å². The van der Waals surface area contributed by atoms with Crippen molar-refractivity contribution < 1.29 is 19.4 Å². The van der Waals surface area contributed by atoms with Crippen molar-refractivity contribution in [3.63, 3.8) is 0 Å². The first-order valence-electron chi connectivity index (χ1n) is 7.02. The van der Waals surface area contributed by atoms with Gasteiger partial charge >= 0.3 is 0 Å². The van der Waals surface area contributed by atoms with Gasteiger partial charge in [0, 0.05) is 5.56 Å². The van der Waals surface area contributed by atoms with Crippen LogP contribution >= 0.6 is 0 Å². The highest BCUT2D eigenvalue weighted by Crippen LogP contribution is 2.26. The molecule has 2 aromatic carbocycles. The second kappa shape index (κ2) is 7.70. The first kappa shape index (κ1) is 16.9. The molecule has 0 saturated carbocycles. The smallest absolute Gasteiger partial charge is 0.266 e. The van der Waals surface area contributed by atoms with E-state index in [4.69, 9.17) is 9.47 Å². The van der Waals surface area contributed by atoms with Crippen LogP contribution in [-0.4, -0.2) is 25.2 Å². The van der Waals surface area contributed by atoms with Gasteiger partial charge in [0.25, 0.3) is 5.91 Å². The summed E-state index contributed by atoms with van der Waals surface area (Å²) in [7, 11) is 2.97. The molecule has 0 radical (unpaired) electrons. The van der Waals surface area contributed by atoms with Crippen LogP contribution in [0.15, 0.2) is 48.0 Å². The summed E-state index contributed by atoms with van der Waals surface area (Å²) < 4.78 is 10.2. The Hall–Kier alpha value is -3.46. The fraction of sp³-hybridized carbons (Fsp3) is 0.111. The second-order valence-corrected chi connectivity index (χ2v) is 4.75. The minimum absolute atomic E-state index is 0.0614. The molecular formula is C18H16N2O4. The summed E-state index contributed by atoms with van der Waals surface area (Å²) >= 11 is 0. The van der Waals surface area contributed by atoms with Crippen molar-refractivity contribution in [1.82, 2.24) is 0 Å². The molecule has 6 heteroatoms. The lowest BCUT2D eigenvalue weighted by molar-refractivity contribution is -0.112. The molecule has 24 heavy (non-hydrogen) atoms. The van der Waals surface area contributed by atoms with Gasteiger partial charge in [-0.3, -0.25) is 4.79 Å². The van der Waals surface area contributed by atoms with Crippen LogP contribution in [-0.2, 0) is 4.79 Å². The van der Waals surface area contributed by atoms with Gasteiger partial charge in [0.2, 0.25) is 0 Å². The van der Waals surface area contributed by atoms with Crippen molar-refractivity contribution in [3.05, 3.63) is 53.6 Å². The molecule has 0 atom stereocenters. The zero-order valence-electron chi connectivity index (χ0n) is 13.2. The average molecular weight is 324 g/mol. The molecule has 2 N–H and O–H groups in total. The van der Waals surface area contributed by atoms with Crippen molar-refractivity contribution in [2.45, 2.75) is 0 Å². The highest BCUT2D eigenvalue weighted by molar-refractivity contribution is 6.10. The van der Waals surface area contributed by atoms with Crippen molar-refractivity contribution in [2.75, 3.05) is 19.5 Å². The molecule has 0 spiro atoms. The quantitative estimate of drug-likeness (QED) is 0.652. The zero-order chi connectivity index (χ0) is 17.5. The van der Waals surface area contributed by atoms with E-state index >= 15 is 0 Å². The number of nitrogens with one attached hydrogen (secondary N) is 1. The molecule has 0 heterocycles. The number of nitrogens with zero attached hydrogens (tertiary/aromatic N) is 1. The van der Waals surface area contributed by atoms with Crippen LogP contribution in [0.2, 0.25) is 0 Å². The van der Waals surface area contributed by atoms with Gasteiger partial charge in [-0.25, -0.2) is 0 Å². The van der Waals surface area contributed by atoms with Gasteiger partial charge in [-0.1, -0.05) is 12.1 Å². The molecule has 0 aliphatic rings. The normalized spacial score (nSPS) is 10.6. The Labute approximate surface area is 139 Å². The monoisotopic (exact) mass is 324 g/mol. The summed E-state index contributed by atoms with van der Waals surface area (Å²) in [5, 5.41) is 21.7. The SMILES string of the molecule is COc1ccc(O)c(/C=C(/C#N)C(=O)Nc2ccccc2OC)c1. The maximum atomic E-state index is 12.3. The third kappa shape index (κ3) is 3.84. The minimum atomic E-state index is -0.607. The van der Waals surface area contributed by atoms with E-state index in [0.29, 0.717) is 22.7 Å². The molecule has 2 rings (SSSR count). The molecule has 0 saturated heterocycles. The lowest BCUT2D eigenvalue weighted by Crippen LogP contribution is -2.14. The molecule has 0 unspecified atom stereocenters. The number of amides is 1. The van der Waals surface area contributed by atoms with E-state index in [0.717, 1.165) is 0 Å². The Morgan fingerprint density at radius 2 is 1.96 bits per heavy atom. The van der Waals surface area contributed by atoms with Crippen LogP contribution in [0.25, 0.3) is 6.08 Å². The summed E-state index contributed by atoms with van der Waals surface area (Å²) in [5.41, 5.74) is 0.589. The maximum absolute atomic E-state index is 12.3. The largest absolute Gasteiger partial charge is 0.507 e. The summed E-state index contributed by atoms with van der Waals surface area (Å²) in [6.07, 6.45) is 1.29. The third-order valence-electron chi connectivity index (χ3n) is 3.25. The fourth-order valence-electron chi connectivity index (χ4n) is 2.02. The van der Waals surface area contributed by atoms with Crippen LogP contribution in [0.1, 0.15) is 5.56 Å².